The van der Waals surface area contributed by atoms with E-state index in [4.69, 9.17) is 0 Å². The third-order valence-electron chi connectivity index (χ3n) is 2.23. The summed E-state index contributed by atoms with van der Waals surface area (Å²) in [6.45, 7) is 0. The molecule has 2 aromatic rings. The summed E-state index contributed by atoms with van der Waals surface area (Å²) in [4.78, 5) is 0. The second-order valence-corrected chi connectivity index (χ2v) is 4.09. The molecule has 1 nitrogen and oxygen atoms in total. The average molecular weight is 285 g/mol. The van der Waals surface area contributed by atoms with Crippen molar-refractivity contribution in [1.82, 2.24) is 0 Å². The van der Waals surface area contributed by atoms with Crippen LogP contribution in [0.4, 0.5) is 8.78 Å². The highest BCUT2D eigenvalue weighted by molar-refractivity contribution is 9.10. The molecule has 2 aromatic carbocycles. The van der Waals surface area contributed by atoms with Crippen molar-refractivity contribution in [3.05, 3.63) is 52.5 Å². The molecule has 82 valence electrons. The lowest BCUT2D eigenvalue weighted by atomic mass is 10.0. The molecule has 0 saturated heterocycles. The van der Waals surface area contributed by atoms with Gasteiger partial charge in [-0.2, -0.15) is 0 Å². The molecular weight excluding hydrogens is 278 g/mol. The van der Waals surface area contributed by atoms with Gasteiger partial charge in [-0.15, -0.1) is 0 Å². The van der Waals surface area contributed by atoms with Gasteiger partial charge in [-0.25, -0.2) is 8.78 Å². The standard InChI is InChI=1S/C12H7BrF2O/c13-9-6-5-8(11(14)12(9)15)7-3-1-2-4-10(7)16/h1-6,16H. The molecule has 0 amide bonds. The maximum atomic E-state index is 13.6. The smallest absolute Gasteiger partial charge is 0.173 e. The first-order chi connectivity index (χ1) is 7.61. The number of phenols is 1. The summed E-state index contributed by atoms with van der Waals surface area (Å²) >= 11 is 2.89. The fraction of sp³-hybridized carbons (Fsp3) is 0. The monoisotopic (exact) mass is 284 g/mol. The lowest BCUT2D eigenvalue weighted by Gasteiger charge is -2.07. The number of phenolic OH excluding ortho intramolecular Hbond substituents is 1. The van der Waals surface area contributed by atoms with Crippen molar-refractivity contribution in [2.45, 2.75) is 0 Å². The molecule has 1 N–H and O–H groups in total. The van der Waals surface area contributed by atoms with Crippen LogP contribution in [-0.4, -0.2) is 5.11 Å². The predicted octanol–water partition coefficient (Wildman–Crippen LogP) is 4.10. The van der Waals surface area contributed by atoms with Crippen molar-refractivity contribution in [3.63, 3.8) is 0 Å². The Hall–Kier alpha value is -1.42. The van der Waals surface area contributed by atoms with Crippen molar-refractivity contribution in [2.24, 2.45) is 0 Å². The number of benzene rings is 2. The molecule has 0 spiro atoms. The van der Waals surface area contributed by atoms with E-state index >= 15 is 0 Å². The number of halogens is 3. The topological polar surface area (TPSA) is 20.2 Å². The minimum atomic E-state index is -0.976. The van der Waals surface area contributed by atoms with E-state index in [1.165, 1.54) is 24.3 Å². The van der Waals surface area contributed by atoms with Crippen LogP contribution in [0.15, 0.2) is 40.9 Å². The van der Waals surface area contributed by atoms with Gasteiger partial charge in [0.1, 0.15) is 5.75 Å². The van der Waals surface area contributed by atoms with E-state index in [0.717, 1.165) is 0 Å². The quantitative estimate of drug-likeness (QED) is 0.782. The summed E-state index contributed by atoms with van der Waals surface area (Å²) in [5, 5.41) is 9.55. The summed E-state index contributed by atoms with van der Waals surface area (Å²) < 4.78 is 27.0. The molecule has 0 unspecified atom stereocenters. The second-order valence-electron chi connectivity index (χ2n) is 3.24. The molecule has 2 rings (SSSR count). The molecule has 0 aromatic heterocycles. The summed E-state index contributed by atoms with van der Waals surface area (Å²) in [6, 6.07) is 9.04. The minimum absolute atomic E-state index is 0.0406. The summed E-state index contributed by atoms with van der Waals surface area (Å²) in [6.07, 6.45) is 0. The third-order valence-corrected chi connectivity index (χ3v) is 2.84. The van der Waals surface area contributed by atoms with Crippen LogP contribution in [0.2, 0.25) is 0 Å². The van der Waals surface area contributed by atoms with Crippen LogP contribution in [0.5, 0.6) is 5.75 Å². The molecule has 0 aliphatic rings. The highest BCUT2D eigenvalue weighted by Crippen LogP contribution is 2.33. The zero-order chi connectivity index (χ0) is 11.7. The largest absolute Gasteiger partial charge is 0.507 e. The second kappa shape index (κ2) is 4.22. The van der Waals surface area contributed by atoms with Crippen molar-refractivity contribution >= 4 is 15.9 Å². The Morgan fingerprint density at radius 2 is 1.56 bits per heavy atom. The van der Waals surface area contributed by atoms with Gasteiger partial charge in [0.05, 0.1) is 4.47 Å². The summed E-state index contributed by atoms with van der Waals surface area (Å²) in [7, 11) is 0. The van der Waals surface area contributed by atoms with E-state index in [1.807, 2.05) is 0 Å². The van der Waals surface area contributed by atoms with E-state index in [-0.39, 0.29) is 21.3 Å². The first kappa shape index (κ1) is 11.1. The number of para-hydroxylation sites is 1. The molecule has 0 aliphatic heterocycles. The zero-order valence-corrected chi connectivity index (χ0v) is 9.63. The van der Waals surface area contributed by atoms with E-state index < -0.39 is 11.6 Å². The van der Waals surface area contributed by atoms with Crippen molar-refractivity contribution in [2.75, 3.05) is 0 Å². The maximum absolute atomic E-state index is 13.6. The Bertz CT molecular complexity index is 541. The fourth-order valence-electron chi connectivity index (χ4n) is 1.44. The number of hydrogen-bond donors (Lipinski definition) is 1. The van der Waals surface area contributed by atoms with E-state index in [1.54, 1.807) is 12.1 Å². The normalized spacial score (nSPS) is 10.4. The van der Waals surface area contributed by atoms with Crippen molar-refractivity contribution in [1.29, 1.82) is 0 Å². The van der Waals surface area contributed by atoms with Gasteiger partial charge in [-0.05, 0) is 34.1 Å². The van der Waals surface area contributed by atoms with Crippen LogP contribution >= 0.6 is 15.9 Å². The van der Waals surface area contributed by atoms with E-state index in [9.17, 15) is 13.9 Å². The highest BCUT2D eigenvalue weighted by atomic mass is 79.9. The SMILES string of the molecule is Oc1ccccc1-c1ccc(Br)c(F)c1F. The van der Waals surface area contributed by atoms with Crippen molar-refractivity contribution < 1.29 is 13.9 Å². The van der Waals surface area contributed by atoms with Gasteiger partial charge in [0, 0.05) is 11.1 Å². The maximum Gasteiger partial charge on any atom is 0.173 e. The van der Waals surface area contributed by atoms with Crippen LogP contribution in [-0.2, 0) is 0 Å². The van der Waals surface area contributed by atoms with E-state index in [0.29, 0.717) is 0 Å². The van der Waals surface area contributed by atoms with Gasteiger partial charge in [-0.1, -0.05) is 18.2 Å². The fourth-order valence-corrected chi connectivity index (χ4v) is 1.74. The molecule has 0 saturated carbocycles. The highest BCUT2D eigenvalue weighted by Gasteiger charge is 2.15. The molecule has 0 fully saturated rings. The Balaban J connectivity index is 2.66. The average Bonchev–Trinajstić information content (AvgIpc) is 2.28. The molecule has 0 atom stereocenters. The Morgan fingerprint density at radius 1 is 0.875 bits per heavy atom. The zero-order valence-electron chi connectivity index (χ0n) is 8.05. The van der Waals surface area contributed by atoms with Crippen LogP contribution in [0.3, 0.4) is 0 Å². The van der Waals surface area contributed by atoms with Crippen LogP contribution in [0, 0.1) is 11.6 Å². The van der Waals surface area contributed by atoms with Gasteiger partial charge in [0.15, 0.2) is 11.6 Å². The first-order valence-corrected chi connectivity index (χ1v) is 5.32. The third kappa shape index (κ3) is 1.80. The molecule has 0 aliphatic carbocycles. The van der Waals surface area contributed by atoms with Gasteiger partial charge in [0.2, 0.25) is 0 Å². The molecule has 0 bridgehead atoms. The van der Waals surface area contributed by atoms with Crippen LogP contribution in [0.25, 0.3) is 11.1 Å². The number of rotatable bonds is 1. The number of aromatic hydroxyl groups is 1. The number of hydrogen-bond acceptors (Lipinski definition) is 1. The predicted molar refractivity (Wildman–Crippen MR) is 61.2 cm³/mol. The molecule has 16 heavy (non-hydrogen) atoms. The lowest BCUT2D eigenvalue weighted by Crippen LogP contribution is -1.91. The Kier molecular flexibility index (Phi) is 2.92. The van der Waals surface area contributed by atoms with Crippen LogP contribution in [0.1, 0.15) is 0 Å². The van der Waals surface area contributed by atoms with Gasteiger partial charge < -0.3 is 5.11 Å². The van der Waals surface area contributed by atoms with Gasteiger partial charge in [-0.3, -0.25) is 0 Å². The van der Waals surface area contributed by atoms with E-state index in [2.05, 4.69) is 15.9 Å². The Labute approximate surface area is 99.5 Å². The van der Waals surface area contributed by atoms with Gasteiger partial charge in [0.25, 0.3) is 0 Å². The lowest BCUT2D eigenvalue weighted by molar-refractivity contribution is 0.475. The van der Waals surface area contributed by atoms with Crippen molar-refractivity contribution in [3.8, 4) is 16.9 Å². The summed E-state index contributed by atoms with van der Waals surface area (Å²) in [5.41, 5.74) is 0.310. The first-order valence-electron chi connectivity index (χ1n) is 4.53. The molecular formula is C12H7BrF2O. The van der Waals surface area contributed by atoms with Crippen LogP contribution < -0.4 is 0 Å². The molecule has 0 radical (unpaired) electrons. The van der Waals surface area contributed by atoms with Gasteiger partial charge >= 0.3 is 0 Å². The molecule has 0 heterocycles. The minimum Gasteiger partial charge on any atom is -0.507 e. The molecule has 4 heteroatoms. The summed E-state index contributed by atoms with van der Waals surface area (Å²) in [5.74, 6) is -2.01. The Morgan fingerprint density at radius 3 is 2.25 bits per heavy atom.